The molecule has 158 valence electrons. The van der Waals surface area contributed by atoms with Gasteiger partial charge < -0.3 is 0 Å². The van der Waals surface area contributed by atoms with Gasteiger partial charge in [-0.05, 0) is 31.2 Å². The monoisotopic (exact) mass is 546 g/mol. The lowest BCUT2D eigenvalue weighted by molar-refractivity contribution is 0.0976. The SMILES string of the molecule is Cc1c(C(=O)NS(=O)(=O)c2cc(Cl)c(Cl)cc2Cl)nnn1-c1cc(Cl)c(Cl)cc1Cl. The van der Waals surface area contributed by atoms with Crippen LogP contribution in [0, 0.1) is 6.92 Å². The number of carbonyl (C=O) groups is 1. The van der Waals surface area contributed by atoms with Gasteiger partial charge in [0.1, 0.15) is 4.90 Å². The van der Waals surface area contributed by atoms with Crippen LogP contribution in [0.4, 0.5) is 0 Å². The molecule has 0 atom stereocenters. The third-order valence-electron chi connectivity index (χ3n) is 3.82. The highest BCUT2D eigenvalue weighted by molar-refractivity contribution is 7.90. The predicted octanol–water partition coefficient (Wildman–Crippen LogP) is 5.61. The molecule has 1 N–H and O–H groups in total. The van der Waals surface area contributed by atoms with E-state index in [4.69, 9.17) is 69.6 Å². The number of hydrogen-bond donors (Lipinski definition) is 1. The van der Waals surface area contributed by atoms with Crippen molar-refractivity contribution >= 4 is 85.5 Å². The maximum atomic E-state index is 12.6. The molecule has 1 heterocycles. The van der Waals surface area contributed by atoms with E-state index >= 15 is 0 Å². The largest absolute Gasteiger partial charge is 0.287 e. The second-order valence-electron chi connectivity index (χ2n) is 5.78. The van der Waals surface area contributed by atoms with Crippen molar-refractivity contribution in [3.63, 3.8) is 0 Å². The molecule has 14 heteroatoms. The normalized spacial score (nSPS) is 11.6. The van der Waals surface area contributed by atoms with Crippen LogP contribution in [0.25, 0.3) is 5.69 Å². The molecule has 3 aromatic rings. The first kappa shape index (κ1) is 23.4. The predicted molar refractivity (Wildman–Crippen MR) is 117 cm³/mol. The summed E-state index contributed by atoms with van der Waals surface area (Å²) >= 11 is 35.7. The van der Waals surface area contributed by atoms with Gasteiger partial charge in [-0.2, -0.15) is 0 Å². The molecule has 7 nitrogen and oxygen atoms in total. The first-order valence-corrected chi connectivity index (χ1v) is 11.5. The molecule has 2 aromatic carbocycles. The summed E-state index contributed by atoms with van der Waals surface area (Å²) in [5.41, 5.74) is 0.227. The van der Waals surface area contributed by atoms with Crippen LogP contribution in [-0.2, 0) is 10.0 Å². The number of amides is 1. The summed E-state index contributed by atoms with van der Waals surface area (Å²) in [6.07, 6.45) is 0. The van der Waals surface area contributed by atoms with Gasteiger partial charge in [0, 0.05) is 0 Å². The third-order valence-corrected chi connectivity index (χ3v) is 7.36. The van der Waals surface area contributed by atoms with Crippen LogP contribution >= 0.6 is 69.6 Å². The highest BCUT2D eigenvalue weighted by Crippen LogP contribution is 2.33. The molecular weight excluding hydrogens is 541 g/mol. The minimum Gasteiger partial charge on any atom is -0.266 e. The van der Waals surface area contributed by atoms with Gasteiger partial charge in [-0.1, -0.05) is 74.8 Å². The van der Waals surface area contributed by atoms with E-state index in [1.165, 1.54) is 23.7 Å². The minimum absolute atomic E-state index is 0.0507. The van der Waals surface area contributed by atoms with Crippen LogP contribution in [0.15, 0.2) is 29.2 Å². The van der Waals surface area contributed by atoms with Gasteiger partial charge in [0.25, 0.3) is 15.9 Å². The molecule has 1 aromatic heterocycles. The van der Waals surface area contributed by atoms with E-state index in [-0.39, 0.29) is 41.5 Å². The Morgan fingerprint density at radius 1 is 0.867 bits per heavy atom. The maximum absolute atomic E-state index is 12.6. The lowest BCUT2D eigenvalue weighted by Crippen LogP contribution is -2.31. The van der Waals surface area contributed by atoms with Crippen molar-refractivity contribution in [3.05, 3.63) is 65.8 Å². The Morgan fingerprint density at radius 3 is 2.03 bits per heavy atom. The Kier molecular flexibility index (Phi) is 6.79. The summed E-state index contributed by atoms with van der Waals surface area (Å²) < 4.78 is 28.3. The molecule has 0 bridgehead atoms. The molecule has 0 unspecified atom stereocenters. The molecule has 0 fully saturated rings. The first-order chi connectivity index (χ1) is 13.9. The summed E-state index contributed by atoms with van der Waals surface area (Å²) in [5, 5.41) is 8.00. The average molecular weight is 549 g/mol. The average Bonchev–Trinajstić information content (AvgIpc) is 3.02. The molecule has 0 aliphatic carbocycles. The van der Waals surface area contributed by atoms with Crippen molar-refractivity contribution in [3.8, 4) is 5.69 Å². The summed E-state index contributed by atoms with van der Waals surface area (Å²) in [4.78, 5) is 12.2. The Hall–Kier alpha value is -1.26. The van der Waals surface area contributed by atoms with E-state index in [2.05, 4.69) is 10.3 Å². The summed E-state index contributed by atoms with van der Waals surface area (Å²) in [6.45, 7) is 1.49. The third kappa shape index (κ3) is 4.50. The van der Waals surface area contributed by atoms with Crippen LogP contribution in [0.3, 0.4) is 0 Å². The fourth-order valence-electron chi connectivity index (χ4n) is 2.38. The number of aromatic nitrogens is 3. The van der Waals surface area contributed by atoms with Crippen LogP contribution in [-0.4, -0.2) is 29.3 Å². The van der Waals surface area contributed by atoms with Gasteiger partial charge in [-0.15, -0.1) is 5.10 Å². The van der Waals surface area contributed by atoms with Gasteiger partial charge >= 0.3 is 0 Å². The molecule has 0 saturated heterocycles. The van der Waals surface area contributed by atoms with E-state index in [1.807, 2.05) is 4.72 Å². The summed E-state index contributed by atoms with van der Waals surface area (Å²) in [5.74, 6) is -1.04. The zero-order valence-electron chi connectivity index (χ0n) is 14.6. The van der Waals surface area contributed by atoms with Crippen molar-refractivity contribution in [2.24, 2.45) is 0 Å². The van der Waals surface area contributed by atoms with Crippen LogP contribution in [0.1, 0.15) is 16.2 Å². The van der Waals surface area contributed by atoms with E-state index in [1.54, 1.807) is 0 Å². The number of carbonyl (C=O) groups excluding carboxylic acids is 1. The molecule has 0 aliphatic rings. The molecule has 0 radical (unpaired) electrons. The van der Waals surface area contributed by atoms with Crippen molar-refractivity contribution in [2.75, 3.05) is 0 Å². The van der Waals surface area contributed by atoms with Crippen LogP contribution < -0.4 is 4.72 Å². The maximum Gasteiger partial charge on any atom is 0.287 e. The van der Waals surface area contributed by atoms with E-state index in [0.29, 0.717) is 5.69 Å². The molecule has 30 heavy (non-hydrogen) atoms. The number of nitrogens with zero attached hydrogens (tertiary/aromatic N) is 3. The number of nitrogens with one attached hydrogen (secondary N) is 1. The van der Waals surface area contributed by atoms with E-state index in [0.717, 1.165) is 12.1 Å². The van der Waals surface area contributed by atoms with Gasteiger partial charge in [0.15, 0.2) is 5.69 Å². The Bertz CT molecular complexity index is 1290. The van der Waals surface area contributed by atoms with Crippen molar-refractivity contribution in [1.82, 2.24) is 19.7 Å². The molecule has 1 amide bonds. The molecular formula is C16H8Cl6N4O3S. The van der Waals surface area contributed by atoms with Crippen molar-refractivity contribution in [1.29, 1.82) is 0 Å². The van der Waals surface area contributed by atoms with Crippen molar-refractivity contribution < 1.29 is 13.2 Å². The second-order valence-corrected chi connectivity index (χ2v) is 9.88. The number of sulfonamides is 1. The molecule has 3 rings (SSSR count). The quantitative estimate of drug-likeness (QED) is 0.427. The smallest absolute Gasteiger partial charge is 0.266 e. The van der Waals surface area contributed by atoms with E-state index < -0.39 is 20.8 Å². The van der Waals surface area contributed by atoms with Crippen molar-refractivity contribution in [2.45, 2.75) is 11.8 Å². The summed E-state index contributed by atoms with van der Waals surface area (Å²) in [7, 11) is -4.39. The Morgan fingerprint density at radius 2 is 1.40 bits per heavy atom. The van der Waals surface area contributed by atoms with Gasteiger partial charge in [0.05, 0.1) is 41.5 Å². The first-order valence-electron chi connectivity index (χ1n) is 7.71. The van der Waals surface area contributed by atoms with Crippen LogP contribution in [0.2, 0.25) is 30.1 Å². The highest BCUT2D eigenvalue weighted by atomic mass is 35.5. The Labute approximate surface area is 200 Å². The van der Waals surface area contributed by atoms with Gasteiger partial charge in [-0.3, -0.25) is 4.79 Å². The molecule has 0 spiro atoms. The molecule has 0 aliphatic heterocycles. The molecule has 0 saturated carbocycles. The zero-order chi connectivity index (χ0) is 22.4. The lowest BCUT2D eigenvalue weighted by Gasteiger charge is -2.10. The van der Waals surface area contributed by atoms with Gasteiger partial charge in [0.2, 0.25) is 0 Å². The fourth-order valence-corrected chi connectivity index (χ4v) is 4.95. The standard InChI is InChI=1S/C16H8Cl6N4O3S/c1-6-15(23-25-26(6)13-4-9(19)7(17)2-11(13)21)16(27)24-30(28,29)14-5-10(20)8(18)3-12(14)22/h2-5H,1H3,(H,24,27). The topological polar surface area (TPSA) is 93.9 Å². The zero-order valence-corrected chi connectivity index (χ0v) is 19.9. The van der Waals surface area contributed by atoms with Crippen LogP contribution in [0.5, 0.6) is 0 Å². The second kappa shape index (κ2) is 8.70. The summed E-state index contributed by atoms with van der Waals surface area (Å²) in [6, 6.07) is 5.01. The number of halogens is 6. The number of hydrogen-bond acceptors (Lipinski definition) is 5. The number of benzene rings is 2. The van der Waals surface area contributed by atoms with Gasteiger partial charge in [-0.25, -0.2) is 17.8 Å². The fraction of sp³-hybridized carbons (Fsp3) is 0.0625. The minimum atomic E-state index is -4.39. The van der Waals surface area contributed by atoms with E-state index in [9.17, 15) is 13.2 Å². The Balaban J connectivity index is 1.96. The lowest BCUT2D eigenvalue weighted by atomic mass is 10.3. The highest BCUT2D eigenvalue weighted by Gasteiger charge is 2.26. The number of rotatable bonds is 4.